The minimum Gasteiger partial charge on any atom is -0.378 e. The normalized spacial score (nSPS) is 17.1. The van der Waals surface area contributed by atoms with E-state index in [1.165, 1.54) is 0 Å². The number of hydrogen-bond donors (Lipinski definition) is 0. The van der Waals surface area contributed by atoms with Gasteiger partial charge in [0.25, 0.3) is 0 Å². The van der Waals surface area contributed by atoms with Crippen LogP contribution in [0.1, 0.15) is 0 Å². The van der Waals surface area contributed by atoms with E-state index in [1.807, 2.05) is 12.3 Å². The van der Waals surface area contributed by atoms with Crippen molar-refractivity contribution < 1.29 is 4.74 Å². The van der Waals surface area contributed by atoms with Gasteiger partial charge in [0.2, 0.25) is 0 Å². The Kier molecular flexibility index (Phi) is 3.26. The highest BCUT2D eigenvalue weighted by Crippen LogP contribution is 2.17. The van der Waals surface area contributed by atoms with Gasteiger partial charge >= 0.3 is 0 Å². The van der Waals surface area contributed by atoms with E-state index in [0.717, 1.165) is 37.1 Å². The first-order chi connectivity index (χ1) is 6.90. The van der Waals surface area contributed by atoms with Gasteiger partial charge in [-0.15, -0.1) is 11.8 Å². The lowest BCUT2D eigenvalue weighted by Gasteiger charge is -2.27. The second-order valence-electron chi connectivity index (χ2n) is 3.14. The van der Waals surface area contributed by atoms with Crippen LogP contribution in [0.15, 0.2) is 23.2 Å². The molecule has 0 aromatic carbocycles. The Morgan fingerprint density at radius 2 is 2.14 bits per heavy atom. The number of hydrogen-bond acceptors (Lipinski definition) is 4. The molecular weight excluding hydrogens is 196 g/mol. The van der Waals surface area contributed by atoms with Gasteiger partial charge in [-0.05, 0) is 18.4 Å². The van der Waals surface area contributed by atoms with Gasteiger partial charge in [0.05, 0.1) is 18.2 Å². The topological polar surface area (TPSA) is 25.4 Å². The smallest absolute Gasteiger partial charge is 0.129 e. The first-order valence-corrected chi connectivity index (χ1v) is 5.96. The average molecular weight is 210 g/mol. The summed E-state index contributed by atoms with van der Waals surface area (Å²) in [5, 5.41) is 1.08. The third kappa shape index (κ3) is 2.19. The van der Waals surface area contributed by atoms with Crippen LogP contribution < -0.4 is 4.90 Å². The summed E-state index contributed by atoms with van der Waals surface area (Å²) in [6, 6.07) is 6.16. The van der Waals surface area contributed by atoms with Crippen molar-refractivity contribution in [2.24, 2.45) is 0 Å². The summed E-state index contributed by atoms with van der Waals surface area (Å²) in [5.74, 6) is 1.07. The van der Waals surface area contributed by atoms with Crippen LogP contribution in [0.4, 0.5) is 5.82 Å². The molecule has 0 saturated carbocycles. The van der Waals surface area contributed by atoms with Crippen molar-refractivity contribution in [2.75, 3.05) is 37.5 Å². The van der Waals surface area contributed by atoms with Crippen LogP contribution in [-0.4, -0.2) is 37.5 Å². The average Bonchev–Trinajstić information content (AvgIpc) is 2.30. The number of thioether (sulfide) groups is 1. The molecule has 0 radical (unpaired) electrons. The van der Waals surface area contributed by atoms with Crippen molar-refractivity contribution in [1.82, 2.24) is 4.98 Å². The van der Waals surface area contributed by atoms with Crippen molar-refractivity contribution in [2.45, 2.75) is 5.03 Å². The monoisotopic (exact) mass is 210 g/mol. The molecule has 0 N–H and O–H groups in total. The van der Waals surface area contributed by atoms with Crippen LogP contribution >= 0.6 is 11.8 Å². The molecule has 0 aliphatic carbocycles. The first-order valence-electron chi connectivity index (χ1n) is 4.74. The molecule has 0 unspecified atom stereocenters. The van der Waals surface area contributed by atoms with Crippen molar-refractivity contribution in [3.05, 3.63) is 18.2 Å². The van der Waals surface area contributed by atoms with E-state index in [4.69, 9.17) is 4.74 Å². The standard InChI is InChI=1S/C10H14N2OS/c1-14-10-4-2-3-9(11-10)12-5-7-13-8-6-12/h2-4H,5-8H2,1H3. The maximum atomic E-state index is 5.30. The molecule has 1 aromatic heterocycles. The van der Waals surface area contributed by atoms with Gasteiger partial charge in [-0.1, -0.05) is 6.07 Å². The van der Waals surface area contributed by atoms with Gasteiger partial charge in [0.15, 0.2) is 0 Å². The fourth-order valence-electron chi connectivity index (χ4n) is 1.49. The lowest BCUT2D eigenvalue weighted by atomic mass is 10.4. The fourth-order valence-corrected chi connectivity index (χ4v) is 1.89. The molecule has 3 nitrogen and oxygen atoms in total. The number of pyridine rings is 1. The Balaban J connectivity index is 2.13. The SMILES string of the molecule is CSc1cccc(N2CCOCC2)n1. The highest BCUT2D eigenvalue weighted by molar-refractivity contribution is 7.98. The Morgan fingerprint density at radius 1 is 1.36 bits per heavy atom. The molecule has 0 bridgehead atoms. The van der Waals surface area contributed by atoms with E-state index in [-0.39, 0.29) is 0 Å². The Hall–Kier alpha value is -0.740. The van der Waals surface area contributed by atoms with E-state index in [2.05, 4.69) is 22.0 Å². The van der Waals surface area contributed by atoms with Gasteiger partial charge in [0, 0.05) is 13.1 Å². The largest absolute Gasteiger partial charge is 0.378 e. The van der Waals surface area contributed by atoms with Crippen LogP contribution in [0.5, 0.6) is 0 Å². The van der Waals surface area contributed by atoms with Gasteiger partial charge in [-0.3, -0.25) is 0 Å². The van der Waals surface area contributed by atoms with E-state index in [9.17, 15) is 0 Å². The Bertz CT molecular complexity index is 300. The van der Waals surface area contributed by atoms with Crippen LogP contribution in [0.3, 0.4) is 0 Å². The molecule has 1 fully saturated rings. The quantitative estimate of drug-likeness (QED) is 0.693. The molecule has 0 amide bonds. The summed E-state index contributed by atoms with van der Waals surface area (Å²) in [6.45, 7) is 3.52. The zero-order valence-corrected chi connectivity index (χ0v) is 9.09. The summed E-state index contributed by atoms with van der Waals surface area (Å²) in [6.07, 6.45) is 2.05. The molecule has 2 heterocycles. The number of rotatable bonds is 2. The molecule has 76 valence electrons. The van der Waals surface area contributed by atoms with E-state index in [1.54, 1.807) is 11.8 Å². The number of ether oxygens (including phenoxy) is 1. The Morgan fingerprint density at radius 3 is 2.86 bits per heavy atom. The summed E-state index contributed by atoms with van der Waals surface area (Å²) in [5.41, 5.74) is 0. The molecule has 0 atom stereocenters. The third-order valence-electron chi connectivity index (χ3n) is 2.25. The molecule has 1 aliphatic heterocycles. The zero-order valence-electron chi connectivity index (χ0n) is 8.27. The first kappa shape index (κ1) is 9.80. The predicted molar refractivity (Wildman–Crippen MR) is 59.1 cm³/mol. The number of anilines is 1. The Labute approximate surface area is 88.5 Å². The lowest BCUT2D eigenvalue weighted by molar-refractivity contribution is 0.122. The van der Waals surface area contributed by atoms with Crippen LogP contribution in [0, 0.1) is 0 Å². The van der Waals surface area contributed by atoms with Crippen molar-refractivity contribution in [3.63, 3.8) is 0 Å². The second kappa shape index (κ2) is 4.66. The zero-order chi connectivity index (χ0) is 9.80. The number of aromatic nitrogens is 1. The maximum Gasteiger partial charge on any atom is 0.129 e. The van der Waals surface area contributed by atoms with Gasteiger partial charge < -0.3 is 9.64 Å². The summed E-state index contributed by atoms with van der Waals surface area (Å²) in [4.78, 5) is 6.82. The van der Waals surface area contributed by atoms with Crippen molar-refractivity contribution in [1.29, 1.82) is 0 Å². The minimum absolute atomic E-state index is 0.811. The third-order valence-corrected chi connectivity index (χ3v) is 2.90. The van der Waals surface area contributed by atoms with E-state index in [0.29, 0.717) is 0 Å². The molecule has 1 aromatic rings. The van der Waals surface area contributed by atoms with E-state index >= 15 is 0 Å². The van der Waals surface area contributed by atoms with Gasteiger partial charge in [-0.2, -0.15) is 0 Å². The van der Waals surface area contributed by atoms with Gasteiger partial charge in [-0.25, -0.2) is 4.98 Å². The summed E-state index contributed by atoms with van der Waals surface area (Å²) in [7, 11) is 0. The van der Waals surface area contributed by atoms with Crippen LogP contribution in [-0.2, 0) is 4.74 Å². The predicted octanol–water partition coefficient (Wildman–Crippen LogP) is 1.64. The highest BCUT2D eigenvalue weighted by atomic mass is 32.2. The van der Waals surface area contributed by atoms with E-state index < -0.39 is 0 Å². The van der Waals surface area contributed by atoms with Crippen molar-refractivity contribution in [3.8, 4) is 0 Å². The lowest BCUT2D eigenvalue weighted by Crippen LogP contribution is -2.36. The molecule has 14 heavy (non-hydrogen) atoms. The summed E-state index contributed by atoms with van der Waals surface area (Å²) >= 11 is 1.68. The molecule has 4 heteroatoms. The van der Waals surface area contributed by atoms with Crippen LogP contribution in [0.25, 0.3) is 0 Å². The minimum atomic E-state index is 0.811. The summed E-state index contributed by atoms with van der Waals surface area (Å²) < 4.78 is 5.30. The molecule has 2 rings (SSSR count). The van der Waals surface area contributed by atoms with Crippen LogP contribution in [0.2, 0.25) is 0 Å². The number of nitrogens with zero attached hydrogens (tertiary/aromatic N) is 2. The highest BCUT2D eigenvalue weighted by Gasteiger charge is 2.11. The van der Waals surface area contributed by atoms with Crippen molar-refractivity contribution >= 4 is 17.6 Å². The second-order valence-corrected chi connectivity index (χ2v) is 3.96. The fraction of sp³-hybridized carbons (Fsp3) is 0.500. The molecule has 1 aliphatic rings. The van der Waals surface area contributed by atoms with Gasteiger partial charge in [0.1, 0.15) is 5.82 Å². The molecule has 1 saturated heterocycles. The number of morpholine rings is 1. The molecular formula is C10H14N2OS. The molecule has 0 spiro atoms. The maximum absolute atomic E-state index is 5.30.